The summed E-state index contributed by atoms with van der Waals surface area (Å²) in [5.41, 5.74) is 5.75. The molecule has 0 aliphatic carbocycles. The van der Waals surface area contributed by atoms with Crippen molar-refractivity contribution in [1.82, 2.24) is 4.90 Å². The Bertz CT molecular complexity index is 1480. The zero-order valence-corrected chi connectivity index (χ0v) is 20.3. The fraction of sp³-hybridized carbons (Fsp3) is 0.227. The zero-order chi connectivity index (χ0) is 25.4. The third-order valence-electron chi connectivity index (χ3n) is 4.84. The highest BCUT2D eigenvalue weighted by atomic mass is 35.5. The topological polar surface area (TPSA) is 149 Å². The molecule has 0 spiro atoms. The van der Waals surface area contributed by atoms with Crippen LogP contribution in [0.15, 0.2) is 39.5 Å². The number of primary amides is 1. The molecule has 3 rings (SSSR count). The van der Waals surface area contributed by atoms with Crippen LogP contribution in [0.5, 0.6) is 5.75 Å². The van der Waals surface area contributed by atoms with Gasteiger partial charge in [0.15, 0.2) is 5.75 Å². The lowest BCUT2D eigenvalue weighted by Crippen LogP contribution is -2.26. The molecule has 3 aromatic rings. The van der Waals surface area contributed by atoms with Crippen LogP contribution in [-0.4, -0.2) is 45.7 Å². The first-order chi connectivity index (χ1) is 15.8. The van der Waals surface area contributed by atoms with Gasteiger partial charge in [-0.25, -0.2) is 18.0 Å². The van der Waals surface area contributed by atoms with Gasteiger partial charge in [-0.3, -0.25) is 9.52 Å². The van der Waals surface area contributed by atoms with E-state index in [1.54, 1.807) is 18.2 Å². The Morgan fingerprint density at radius 1 is 1.24 bits per heavy atom. The molecule has 0 radical (unpaired) electrons. The molecule has 1 heterocycles. The van der Waals surface area contributed by atoms with Crippen LogP contribution in [0.1, 0.15) is 27.0 Å². The van der Waals surface area contributed by atoms with Gasteiger partial charge in [-0.15, -0.1) is 0 Å². The van der Waals surface area contributed by atoms with Crippen molar-refractivity contribution in [2.75, 3.05) is 25.1 Å². The zero-order valence-electron chi connectivity index (χ0n) is 18.8. The van der Waals surface area contributed by atoms with Crippen molar-refractivity contribution in [2.45, 2.75) is 13.3 Å². The van der Waals surface area contributed by atoms with Crippen molar-refractivity contribution in [1.29, 1.82) is 0 Å². The number of aryl methyl sites for hydroxylation is 1. The minimum atomic E-state index is -3.51. The summed E-state index contributed by atoms with van der Waals surface area (Å²) in [7, 11) is -0.530. The summed E-state index contributed by atoms with van der Waals surface area (Å²) < 4.78 is 36.2. The average Bonchev–Trinajstić information content (AvgIpc) is 2.71. The van der Waals surface area contributed by atoms with Crippen LogP contribution in [0, 0.1) is 6.92 Å². The third-order valence-corrected chi connectivity index (χ3v) is 5.73. The van der Waals surface area contributed by atoms with Gasteiger partial charge < -0.3 is 19.8 Å². The summed E-state index contributed by atoms with van der Waals surface area (Å²) in [4.78, 5) is 38.5. The maximum atomic E-state index is 12.9. The molecule has 0 aliphatic heterocycles. The van der Waals surface area contributed by atoms with Crippen LogP contribution < -0.4 is 20.8 Å². The highest BCUT2D eigenvalue weighted by molar-refractivity contribution is 7.92. The smallest absolute Gasteiger partial charge is 0.414 e. The Hall–Kier alpha value is -3.57. The molecule has 0 bridgehead atoms. The number of halogens is 1. The van der Waals surface area contributed by atoms with Gasteiger partial charge in [0.2, 0.25) is 15.9 Å². The molecular formula is C22H22ClN3O7S. The summed E-state index contributed by atoms with van der Waals surface area (Å²) in [5, 5.41) is 0.196. The Labute approximate surface area is 200 Å². The second kappa shape index (κ2) is 9.35. The third kappa shape index (κ3) is 5.32. The molecule has 3 N–H and O–H groups in total. The van der Waals surface area contributed by atoms with Crippen LogP contribution in [0.3, 0.4) is 0 Å². The fourth-order valence-corrected chi connectivity index (χ4v) is 4.23. The molecule has 0 unspecified atom stereocenters. The molecule has 34 heavy (non-hydrogen) atoms. The molecule has 0 saturated carbocycles. The summed E-state index contributed by atoms with van der Waals surface area (Å²) in [6.07, 6.45) is 0.254. The first-order valence-corrected chi connectivity index (χ1v) is 12.1. The van der Waals surface area contributed by atoms with Crippen LogP contribution in [-0.2, 0) is 16.4 Å². The van der Waals surface area contributed by atoms with E-state index >= 15 is 0 Å². The Kier molecular flexibility index (Phi) is 6.89. The van der Waals surface area contributed by atoms with Gasteiger partial charge in [-0.2, -0.15) is 0 Å². The predicted octanol–water partition coefficient (Wildman–Crippen LogP) is 2.88. The first kappa shape index (κ1) is 25.1. The molecule has 1 aromatic heterocycles. The standard InChI is InChI=1S/C22H22ClN3O7S/c1-11-18-14(10-16(23)19(11)33-22(29)26(2)3)17(20(24)27)15(21(28)32-18)9-12-6-5-7-13(8-12)25-34(4,30)31/h5-8,10,25H,9H2,1-4H3,(H2,24,27). The monoisotopic (exact) mass is 507 g/mol. The van der Waals surface area contributed by atoms with Crippen LogP contribution in [0.4, 0.5) is 10.5 Å². The maximum Gasteiger partial charge on any atom is 0.414 e. The number of rotatable bonds is 6. The molecule has 10 nitrogen and oxygen atoms in total. The lowest BCUT2D eigenvalue weighted by molar-refractivity contribution is 0.1000. The molecule has 0 fully saturated rings. The fourth-order valence-electron chi connectivity index (χ4n) is 3.39. The maximum absolute atomic E-state index is 12.9. The highest BCUT2D eigenvalue weighted by Crippen LogP contribution is 2.37. The molecule has 0 atom stereocenters. The van der Waals surface area contributed by atoms with Crippen molar-refractivity contribution in [3.63, 3.8) is 0 Å². The number of hydrogen-bond donors (Lipinski definition) is 2. The number of nitrogens with one attached hydrogen (secondary N) is 1. The van der Waals surface area contributed by atoms with E-state index in [-0.39, 0.29) is 50.5 Å². The summed E-state index contributed by atoms with van der Waals surface area (Å²) in [6, 6.07) is 7.67. The van der Waals surface area contributed by atoms with Gasteiger partial charge in [-0.1, -0.05) is 23.7 Å². The number of hydrogen-bond acceptors (Lipinski definition) is 7. The van der Waals surface area contributed by atoms with Gasteiger partial charge in [-0.05, 0) is 30.7 Å². The second-order valence-corrected chi connectivity index (χ2v) is 9.97. The van der Waals surface area contributed by atoms with Crippen molar-refractivity contribution < 1.29 is 27.2 Å². The van der Waals surface area contributed by atoms with Crippen LogP contribution in [0.2, 0.25) is 5.02 Å². The number of anilines is 1. The highest BCUT2D eigenvalue weighted by Gasteiger charge is 2.24. The number of benzene rings is 2. The molecule has 12 heteroatoms. The van der Waals surface area contributed by atoms with Crippen LogP contribution >= 0.6 is 11.6 Å². The Morgan fingerprint density at radius 2 is 1.91 bits per heavy atom. The molecule has 2 aromatic carbocycles. The Balaban J connectivity index is 2.18. The lowest BCUT2D eigenvalue weighted by Gasteiger charge is -2.16. The first-order valence-electron chi connectivity index (χ1n) is 9.83. The van der Waals surface area contributed by atoms with E-state index < -0.39 is 27.6 Å². The van der Waals surface area contributed by atoms with Gasteiger partial charge in [0.05, 0.1) is 22.4 Å². The molecular weight excluding hydrogens is 486 g/mol. The Morgan fingerprint density at radius 3 is 2.50 bits per heavy atom. The van der Waals surface area contributed by atoms with Gasteiger partial charge >= 0.3 is 11.7 Å². The molecule has 0 aliphatic rings. The predicted molar refractivity (Wildman–Crippen MR) is 128 cm³/mol. The number of nitrogens with two attached hydrogens (primary N) is 1. The van der Waals surface area contributed by atoms with Gasteiger partial charge in [0.25, 0.3) is 0 Å². The second-order valence-electron chi connectivity index (χ2n) is 7.81. The van der Waals surface area contributed by atoms with E-state index in [1.807, 2.05) is 0 Å². The van der Waals surface area contributed by atoms with Gasteiger partial charge in [0, 0.05) is 37.2 Å². The van der Waals surface area contributed by atoms with E-state index in [2.05, 4.69) is 4.72 Å². The van der Waals surface area contributed by atoms with E-state index in [9.17, 15) is 22.8 Å². The van der Waals surface area contributed by atoms with E-state index in [4.69, 9.17) is 26.5 Å². The number of carbonyl (C=O) groups excluding carboxylic acids is 2. The molecule has 0 saturated heterocycles. The minimum Gasteiger partial charge on any atom is -0.422 e. The summed E-state index contributed by atoms with van der Waals surface area (Å²) in [5.74, 6) is -0.898. The van der Waals surface area contributed by atoms with Crippen molar-refractivity contribution in [3.05, 3.63) is 68.0 Å². The summed E-state index contributed by atoms with van der Waals surface area (Å²) >= 11 is 6.34. The quantitative estimate of drug-likeness (QED) is 0.487. The van der Waals surface area contributed by atoms with E-state index in [1.165, 1.54) is 38.1 Å². The van der Waals surface area contributed by atoms with Crippen LogP contribution in [0.25, 0.3) is 11.0 Å². The SMILES string of the molecule is Cc1c(OC(=O)N(C)C)c(Cl)cc2c(C(N)=O)c(Cc3cccc(NS(C)(=O)=O)c3)c(=O)oc12. The van der Waals surface area contributed by atoms with E-state index in [0.717, 1.165) is 6.26 Å². The number of amides is 2. The van der Waals surface area contributed by atoms with Crippen molar-refractivity contribution in [2.24, 2.45) is 5.73 Å². The van der Waals surface area contributed by atoms with Crippen molar-refractivity contribution in [3.8, 4) is 5.75 Å². The summed E-state index contributed by atoms with van der Waals surface area (Å²) in [6.45, 7) is 1.53. The van der Waals surface area contributed by atoms with Gasteiger partial charge in [0.1, 0.15) is 5.58 Å². The van der Waals surface area contributed by atoms with Crippen molar-refractivity contribution >= 4 is 50.3 Å². The normalized spacial score (nSPS) is 11.3. The van der Waals surface area contributed by atoms with E-state index in [0.29, 0.717) is 5.56 Å². The molecule has 2 amide bonds. The number of carbonyl (C=O) groups is 2. The molecule has 180 valence electrons. The minimum absolute atomic E-state index is 0.000926. The average molecular weight is 508 g/mol. The lowest BCUT2D eigenvalue weighted by atomic mass is 9.96. The number of fused-ring (bicyclic) bond motifs is 1. The number of sulfonamides is 1. The number of nitrogens with zero attached hydrogens (tertiary/aromatic N) is 1. The largest absolute Gasteiger partial charge is 0.422 e. The number of ether oxygens (including phenoxy) is 1.